The van der Waals surface area contributed by atoms with Gasteiger partial charge in [-0.15, -0.1) is 0 Å². The molecule has 1 aromatic rings. The van der Waals surface area contributed by atoms with Gasteiger partial charge in [-0.05, 0) is 18.3 Å². The van der Waals surface area contributed by atoms with Crippen LogP contribution in [-0.4, -0.2) is 16.5 Å². The van der Waals surface area contributed by atoms with Crippen molar-refractivity contribution in [3.63, 3.8) is 0 Å². The summed E-state index contributed by atoms with van der Waals surface area (Å²) in [5.41, 5.74) is 0.925. The smallest absolute Gasteiger partial charge is 0.147 e. The first-order chi connectivity index (χ1) is 6.73. The summed E-state index contributed by atoms with van der Waals surface area (Å²) in [6, 6.07) is 2.06. The highest BCUT2D eigenvalue weighted by Crippen LogP contribution is 2.44. The lowest BCUT2D eigenvalue weighted by Crippen LogP contribution is -2.13. The summed E-state index contributed by atoms with van der Waals surface area (Å²) in [6.07, 6.45) is 5.50. The number of rotatable bonds is 3. The number of hydrogen-bond donors (Lipinski definition) is 1. The molecule has 0 bridgehead atoms. The minimum absolute atomic E-state index is 0.414. The Hall–Kier alpha value is -1.63. The fourth-order valence-corrected chi connectivity index (χ4v) is 1.24. The molecule has 0 aromatic carbocycles. The molecule has 14 heavy (non-hydrogen) atoms. The molecule has 72 valence electrons. The van der Waals surface area contributed by atoms with Gasteiger partial charge in [0.05, 0.1) is 6.20 Å². The first kappa shape index (κ1) is 8.95. The van der Waals surface area contributed by atoms with Gasteiger partial charge in [-0.1, -0.05) is 6.92 Å². The second-order valence-electron chi connectivity index (χ2n) is 4.06. The number of nitrogens with one attached hydrogen (secondary N) is 1. The van der Waals surface area contributed by atoms with Gasteiger partial charge in [0, 0.05) is 6.54 Å². The van der Waals surface area contributed by atoms with Crippen molar-refractivity contribution in [2.45, 2.75) is 19.8 Å². The van der Waals surface area contributed by atoms with Gasteiger partial charge in [-0.25, -0.2) is 9.97 Å². The first-order valence-electron chi connectivity index (χ1n) is 4.67. The van der Waals surface area contributed by atoms with Crippen LogP contribution in [0, 0.1) is 16.7 Å². The van der Waals surface area contributed by atoms with Crippen LogP contribution in [0.25, 0.3) is 0 Å². The lowest BCUT2D eigenvalue weighted by Gasteiger charge is -2.10. The van der Waals surface area contributed by atoms with E-state index in [2.05, 4.69) is 28.3 Å². The van der Waals surface area contributed by atoms with Crippen molar-refractivity contribution >= 4 is 5.82 Å². The van der Waals surface area contributed by atoms with E-state index in [1.54, 1.807) is 0 Å². The third-order valence-corrected chi connectivity index (χ3v) is 2.62. The van der Waals surface area contributed by atoms with Crippen LogP contribution in [0.15, 0.2) is 12.5 Å². The summed E-state index contributed by atoms with van der Waals surface area (Å²) in [5, 5.41) is 12.0. The second kappa shape index (κ2) is 3.26. The van der Waals surface area contributed by atoms with E-state index in [1.807, 2.05) is 0 Å². The predicted molar refractivity (Wildman–Crippen MR) is 52.6 cm³/mol. The SMILES string of the molecule is CC1(CNc2ncncc2C#N)CC1. The predicted octanol–water partition coefficient (Wildman–Crippen LogP) is 1.56. The van der Waals surface area contributed by atoms with Gasteiger partial charge in [0.1, 0.15) is 23.8 Å². The van der Waals surface area contributed by atoms with Gasteiger partial charge in [0.15, 0.2) is 0 Å². The van der Waals surface area contributed by atoms with Crippen LogP contribution in [0.4, 0.5) is 5.82 Å². The Morgan fingerprint density at radius 3 is 3.07 bits per heavy atom. The highest BCUT2D eigenvalue weighted by molar-refractivity contribution is 5.49. The topological polar surface area (TPSA) is 61.6 Å². The third-order valence-electron chi connectivity index (χ3n) is 2.62. The molecule has 0 saturated heterocycles. The minimum Gasteiger partial charge on any atom is -0.368 e. The molecule has 0 unspecified atom stereocenters. The lowest BCUT2D eigenvalue weighted by molar-refractivity contribution is 0.609. The molecule has 1 saturated carbocycles. The normalized spacial score (nSPS) is 17.1. The highest BCUT2D eigenvalue weighted by atomic mass is 15.0. The van der Waals surface area contributed by atoms with Gasteiger partial charge in [-0.3, -0.25) is 0 Å². The molecule has 0 radical (unpaired) electrons. The molecule has 2 rings (SSSR count). The summed E-state index contributed by atoms with van der Waals surface area (Å²) in [5.74, 6) is 0.649. The molecule has 1 N–H and O–H groups in total. The number of nitrogens with zero attached hydrogens (tertiary/aromatic N) is 3. The number of hydrogen-bond acceptors (Lipinski definition) is 4. The van der Waals surface area contributed by atoms with E-state index in [9.17, 15) is 0 Å². The van der Waals surface area contributed by atoms with Crippen LogP contribution in [-0.2, 0) is 0 Å². The van der Waals surface area contributed by atoms with Crippen molar-refractivity contribution in [1.82, 2.24) is 9.97 Å². The summed E-state index contributed by atoms with van der Waals surface area (Å²) in [4.78, 5) is 7.84. The van der Waals surface area contributed by atoms with Crippen molar-refractivity contribution in [2.75, 3.05) is 11.9 Å². The van der Waals surface area contributed by atoms with Crippen LogP contribution in [0.5, 0.6) is 0 Å². The number of aromatic nitrogens is 2. The van der Waals surface area contributed by atoms with Crippen molar-refractivity contribution in [1.29, 1.82) is 5.26 Å². The summed E-state index contributed by atoms with van der Waals surface area (Å²) >= 11 is 0. The third kappa shape index (κ3) is 1.82. The number of anilines is 1. The Bertz CT molecular complexity index is 376. The van der Waals surface area contributed by atoms with E-state index in [-0.39, 0.29) is 0 Å². The molecule has 0 atom stereocenters. The van der Waals surface area contributed by atoms with E-state index in [0.29, 0.717) is 16.8 Å². The summed E-state index contributed by atoms with van der Waals surface area (Å²) < 4.78 is 0. The Balaban J connectivity index is 2.05. The molecule has 4 heteroatoms. The molecule has 1 fully saturated rings. The molecule has 0 amide bonds. The summed E-state index contributed by atoms with van der Waals surface area (Å²) in [7, 11) is 0. The quantitative estimate of drug-likeness (QED) is 0.781. The van der Waals surface area contributed by atoms with Crippen LogP contribution in [0.3, 0.4) is 0 Å². The molecule has 1 aliphatic carbocycles. The van der Waals surface area contributed by atoms with E-state index in [4.69, 9.17) is 5.26 Å². The Morgan fingerprint density at radius 2 is 2.43 bits per heavy atom. The van der Waals surface area contributed by atoms with Gasteiger partial charge < -0.3 is 5.32 Å². The van der Waals surface area contributed by atoms with Gasteiger partial charge in [-0.2, -0.15) is 5.26 Å². The van der Waals surface area contributed by atoms with Crippen LogP contribution >= 0.6 is 0 Å². The largest absolute Gasteiger partial charge is 0.368 e. The van der Waals surface area contributed by atoms with E-state index < -0.39 is 0 Å². The van der Waals surface area contributed by atoms with Gasteiger partial charge in [0.25, 0.3) is 0 Å². The second-order valence-corrected chi connectivity index (χ2v) is 4.06. The molecule has 1 heterocycles. The fraction of sp³-hybridized carbons (Fsp3) is 0.500. The Kier molecular flexibility index (Phi) is 2.08. The maximum Gasteiger partial charge on any atom is 0.147 e. The molecular weight excluding hydrogens is 176 g/mol. The maximum atomic E-state index is 8.79. The van der Waals surface area contributed by atoms with E-state index in [1.165, 1.54) is 25.4 Å². The zero-order valence-electron chi connectivity index (χ0n) is 8.12. The maximum absolute atomic E-state index is 8.79. The highest BCUT2D eigenvalue weighted by Gasteiger charge is 2.36. The van der Waals surface area contributed by atoms with Crippen LogP contribution in [0.2, 0.25) is 0 Å². The zero-order chi connectivity index (χ0) is 10.0. The van der Waals surface area contributed by atoms with Crippen molar-refractivity contribution in [2.24, 2.45) is 5.41 Å². The Labute approximate surface area is 83.0 Å². The minimum atomic E-state index is 0.414. The van der Waals surface area contributed by atoms with E-state index >= 15 is 0 Å². The standard InChI is InChI=1S/C10H12N4/c1-10(2-3-10)6-13-9-8(4-11)5-12-7-14-9/h5,7H,2-3,6H2,1H3,(H,12,13,14). The van der Waals surface area contributed by atoms with Crippen LogP contribution in [0.1, 0.15) is 25.3 Å². The van der Waals surface area contributed by atoms with Crippen molar-refractivity contribution < 1.29 is 0 Å². The van der Waals surface area contributed by atoms with Crippen LogP contribution < -0.4 is 5.32 Å². The van der Waals surface area contributed by atoms with E-state index in [0.717, 1.165) is 6.54 Å². The first-order valence-corrected chi connectivity index (χ1v) is 4.67. The van der Waals surface area contributed by atoms with Gasteiger partial charge in [0.2, 0.25) is 0 Å². The molecule has 0 aliphatic heterocycles. The molecule has 4 nitrogen and oxygen atoms in total. The monoisotopic (exact) mass is 188 g/mol. The molecular formula is C10H12N4. The van der Waals surface area contributed by atoms with Crippen molar-refractivity contribution in [3.8, 4) is 6.07 Å². The average molecular weight is 188 g/mol. The Morgan fingerprint density at radius 1 is 1.64 bits per heavy atom. The van der Waals surface area contributed by atoms with Crippen molar-refractivity contribution in [3.05, 3.63) is 18.1 Å². The molecule has 0 spiro atoms. The average Bonchev–Trinajstić information content (AvgIpc) is 2.95. The molecule has 1 aliphatic rings. The fourth-order valence-electron chi connectivity index (χ4n) is 1.24. The molecule has 1 aromatic heterocycles. The number of nitriles is 1. The zero-order valence-corrected chi connectivity index (χ0v) is 8.12. The lowest BCUT2D eigenvalue weighted by atomic mass is 10.1. The summed E-state index contributed by atoms with van der Waals surface area (Å²) in [6.45, 7) is 3.12. The van der Waals surface area contributed by atoms with Gasteiger partial charge >= 0.3 is 0 Å².